The van der Waals surface area contributed by atoms with E-state index in [4.69, 9.17) is 4.74 Å². The summed E-state index contributed by atoms with van der Waals surface area (Å²) >= 11 is 0. The molecule has 1 aromatic carbocycles. The number of hydrogen-bond donors (Lipinski definition) is 0. The molecule has 7 heteroatoms. The van der Waals surface area contributed by atoms with Gasteiger partial charge in [0.1, 0.15) is 11.4 Å². The summed E-state index contributed by atoms with van der Waals surface area (Å²) in [6.45, 7) is 5.34. The number of piperidine rings is 1. The van der Waals surface area contributed by atoms with E-state index in [1.165, 1.54) is 0 Å². The van der Waals surface area contributed by atoms with E-state index in [1.54, 1.807) is 31.7 Å². The molecule has 1 saturated heterocycles. The third-order valence-corrected chi connectivity index (χ3v) is 4.88. The van der Waals surface area contributed by atoms with Gasteiger partial charge in [-0.15, -0.1) is 0 Å². The lowest BCUT2D eigenvalue weighted by molar-refractivity contribution is -0.137. The van der Waals surface area contributed by atoms with Crippen molar-refractivity contribution in [2.24, 2.45) is 0 Å². The number of halogens is 4. The second-order valence-electron chi connectivity index (χ2n) is 8.13. The second kappa shape index (κ2) is 6.84. The number of rotatable bonds is 1. The molecule has 0 aromatic heterocycles. The number of amides is 1. The first kappa shape index (κ1) is 19.7. The van der Waals surface area contributed by atoms with Crippen molar-refractivity contribution in [1.29, 1.82) is 0 Å². The van der Waals surface area contributed by atoms with Gasteiger partial charge in [0, 0.05) is 11.6 Å². The molecule has 2 bridgehead atoms. The molecule has 1 fully saturated rings. The van der Waals surface area contributed by atoms with Gasteiger partial charge in [-0.05, 0) is 70.2 Å². The van der Waals surface area contributed by atoms with Crippen molar-refractivity contribution in [1.82, 2.24) is 4.90 Å². The van der Waals surface area contributed by atoms with Crippen molar-refractivity contribution in [2.75, 3.05) is 0 Å². The zero-order valence-corrected chi connectivity index (χ0v) is 15.6. The van der Waals surface area contributed by atoms with Crippen molar-refractivity contribution in [3.05, 3.63) is 41.2 Å². The Hall–Kier alpha value is -2.05. The number of hydrogen-bond acceptors (Lipinski definition) is 2. The molecule has 0 radical (unpaired) electrons. The zero-order chi connectivity index (χ0) is 20.0. The highest BCUT2D eigenvalue weighted by Crippen LogP contribution is 2.40. The number of benzene rings is 1. The molecule has 2 aliphatic heterocycles. The van der Waals surface area contributed by atoms with Gasteiger partial charge in [0.05, 0.1) is 11.6 Å². The molecule has 0 saturated carbocycles. The van der Waals surface area contributed by atoms with Gasteiger partial charge < -0.3 is 4.74 Å². The van der Waals surface area contributed by atoms with Gasteiger partial charge in [-0.25, -0.2) is 9.18 Å². The van der Waals surface area contributed by atoms with Crippen molar-refractivity contribution in [2.45, 2.75) is 70.3 Å². The molecule has 2 atom stereocenters. The van der Waals surface area contributed by atoms with Crippen LogP contribution in [0.5, 0.6) is 0 Å². The molecule has 0 aliphatic carbocycles. The van der Waals surface area contributed by atoms with E-state index < -0.39 is 29.3 Å². The van der Waals surface area contributed by atoms with Gasteiger partial charge in [0.25, 0.3) is 0 Å². The maximum absolute atomic E-state index is 14.3. The minimum absolute atomic E-state index is 0.0365. The fraction of sp³-hybridized carbons (Fsp3) is 0.550. The highest BCUT2D eigenvalue weighted by atomic mass is 19.4. The third kappa shape index (κ3) is 4.28. The van der Waals surface area contributed by atoms with E-state index in [0.29, 0.717) is 24.8 Å². The Balaban J connectivity index is 1.93. The molecule has 3 rings (SSSR count). The minimum Gasteiger partial charge on any atom is -0.444 e. The number of ether oxygens (including phenoxy) is 1. The number of fused-ring (bicyclic) bond motifs is 2. The standard InChI is InChI=1S/C20H23F4NO2/c1-19(2,3)27-18(26)25-14-5-4-6-15(25)10-12(9-14)16-11-13(20(22,23)24)7-8-17(16)21/h7-9,11,14-15H,4-6,10H2,1-3H3. The highest BCUT2D eigenvalue weighted by molar-refractivity contribution is 5.75. The third-order valence-electron chi connectivity index (χ3n) is 4.88. The van der Waals surface area contributed by atoms with Gasteiger partial charge in [-0.2, -0.15) is 13.2 Å². The fourth-order valence-electron chi connectivity index (χ4n) is 3.78. The molecule has 2 unspecified atom stereocenters. The fourth-order valence-corrected chi connectivity index (χ4v) is 3.78. The topological polar surface area (TPSA) is 29.5 Å². The molecule has 0 spiro atoms. The van der Waals surface area contributed by atoms with Crippen molar-refractivity contribution in [3.8, 4) is 0 Å². The van der Waals surface area contributed by atoms with Crippen LogP contribution in [-0.4, -0.2) is 28.7 Å². The first-order valence-electron chi connectivity index (χ1n) is 9.05. The van der Waals surface area contributed by atoms with Crippen LogP contribution in [0.4, 0.5) is 22.4 Å². The van der Waals surface area contributed by atoms with E-state index in [1.807, 2.05) is 0 Å². The summed E-state index contributed by atoms with van der Waals surface area (Å²) in [5, 5.41) is 0. The van der Waals surface area contributed by atoms with Crippen molar-refractivity contribution in [3.63, 3.8) is 0 Å². The van der Waals surface area contributed by atoms with E-state index in [0.717, 1.165) is 24.6 Å². The first-order valence-corrected chi connectivity index (χ1v) is 9.05. The monoisotopic (exact) mass is 385 g/mol. The van der Waals surface area contributed by atoms with E-state index >= 15 is 0 Å². The molecule has 0 N–H and O–H groups in total. The molecule has 1 aromatic rings. The summed E-state index contributed by atoms with van der Waals surface area (Å²) in [4.78, 5) is 14.2. The molecule has 2 aliphatic rings. The zero-order valence-electron chi connectivity index (χ0n) is 15.6. The summed E-state index contributed by atoms with van der Waals surface area (Å²) in [5.41, 5.74) is -1.03. The number of nitrogens with zero attached hydrogens (tertiary/aromatic N) is 1. The lowest BCUT2D eigenvalue weighted by atomic mass is 9.82. The van der Waals surface area contributed by atoms with Crippen LogP contribution in [0, 0.1) is 5.82 Å². The second-order valence-corrected chi connectivity index (χ2v) is 8.13. The average molecular weight is 385 g/mol. The summed E-state index contributed by atoms with van der Waals surface area (Å²) in [7, 11) is 0. The van der Waals surface area contributed by atoms with Crippen LogP contribution >= 0.6 is 0 Å². The first-order chi connectivity index (χ1) is 12.5. The van der Waals surface area contributed by atoms with Gasteiger partial charge in [0.2, 0.25) is 0 Å². The Morgan fingerprint density at radius 2 is 1.89 bits per heavy atom. The normalized spacial score (nSPS) is 23.1. The summed E-state index contributed by atoms with van der Waals surface area (Å²) < 4.78 is 58.8. The predicted molar refractivity (Wildman–Crippen MR) is 93.5 cm³/mol. The van der Waals surface area contributed by atoms with E-state index in [-0.39, 0.29) is 17.6 Å². The lowest BCUT2D eigenvalue weighted by Gasteiger charge is -2.45. The van der Waals surface area contributed by atoms with Gasteiger partial charge in [0.15, 0.2) is 0 Å². The van der Waals surface area contributed by atoms with Crippen LogP contribution in [0.3, 0.4) is 0 Å². The molecule has 27 heavy (non-hydrogen) atoms. The summed E-state index contributed by atoms with van der Waals surface area (Å²) in [5.74, 6) is -0.682. The SMILES string of the molecule is CC(C)(C)OC(=O)N1C2C=C(c3cc(C(F)(F)F)ccc3F)CC1CCC2. The van der Waals surface area contributed by atoms with Gasteiger partial charge in [-0.1, -0.05) is 6.08 Å². The summed E-state index contributed by atoms with van der Waals surface area (Å²) in [6.07, 6.45) is -0.629. The Labute approximate surface area is 156 Å². The molecular formula is C20H23F4NO2. The molecule has 3 nitrogen and oxygen atoms in total. The van der Waals surface area contributed by atoms with Gasteiger partial charge >= 0.3 is 12.3 Å². The number of carbonyl (C=O) groups is 1. The largest absolute Gasteiger partial charge is 0.444 e. The molecule has 2 heterocycles. The Kier molecular flexibility index (Phi) is 4.99. The van der Waals surface area contributed by atoms with Crippen molar-refractivity contribution < 1.29 is 27.1 Å². The smallest absolute Gasteiger partial charge is 0.416 e. The Bertz CT molecular complexity index is 764. The predicted octanol–water partition coefficient (Wildman–Crippen LogP) is 5.79. The van der Waals surface area contributed by atoms with Crippen LogP contribution in [-0.2, 0) is 10.9 Å². The molecule has 148 valence electrons. The van der Waals surface area contributed by atoms with Crippen LogP contribution in [0.25, 0.3) is 5.57 Å². The average Bonchev–Trinajstić information content (AvgIpc) is 2.51. The van der Waals surface area contributed by atoms with Crippen LogP contribution in [0.15, 0.2) is 24.3 Å². The van der Waals surface area contributed by atoms with Crippen LogP contribution in [0.2, 0.25) is 0 Å². The van der Waals surface area contributed by atoms with Crippen LogP contribution < -0.4 is 0 Å². The van der Waals surface area contributed by atoms with Gasteiger partial charge in [-0.3, -0.25) is 4.90 Å². The molecule has 1 amide bonds. The van der Waals surface area contributed by atoms with Crippen LogP contribution in [0.1, 0.15) is 57.6 Å². The Morgan fingerprint density at radius 3 is 2.48 bits per heavy atom. The maximum atomic E-state index is 14.3. The summed E-state index contributed by atoms with van der Waals surface area (Å²) in [6, 6.07) is 1.97. The lowest BCUT2D eigenvalue weighted by Crippen LogP contribution is -2.53. The molecular weight excluding hydrogens is 362 g/mol. The van der Waals surface area contributed by atoms with Crippen molar-refractivity contribution >= 4 is 11.7 Å². The van der Waals surface area contributed by atoms with E-state index in [9.17, 15) is 22.4 Å². The van der Waals surface area contributed by atoms with E-state index in [2.05, 4.69) is 0 Å². The number of alkyl halides is 3. The maximum Gasteiger partial charge on any atom is 0.416 e. The Morgan fingerprint density at radius 1 is 1.19 bits per heavy atom. The highest BCUT2D eigenvalue weighted by Gasteiger charge is 2.40. The minimum atomic E-state index is -4.53. The quantitative estimate of drug-likeness (QED) is 0.573. The number of carbonyl (C=O) groups excluding carboxylic acids is 1.